The Morgan fingerprint density at radius 1 is 1.36 bits per heavy atom. The van der Waals surface area contributed by atoms with Gasteiger partial charge in [-0.2, -0.15) is 0 Å². The van der Waals surface area contributed by atoms with Crippen LogP contribution in [0.15, 0.2) is 24.3 Å². The summed E-state index contributed by atoms with van der Waals surface area (Å²) in [5, 5.41) is 12.1. The number of carboxylic acids is 1. The normalized spacial score (nSPS) is 17.5. The quantitative estimate of drug-likeness (QED) is 0.771. The Labute approximate surface area is 82.8 Å². The lowest BCUT2D eigenvalue weighted by atomic mass is 10.2. The predicted octanol–water partition coefficient (Wildman–Crippen LogP) is 2.35. The highest BCUT2D eigenvalue weighted by Gasteiger charge is 2.36. The fourth-order valence-corrected chi connectivity index (χ4v) is 1.36. The number of aromatic carboxylic acids is 1. The van der Waals surface area contributed by atoms with E-state index in [0.717, 1.165) is 5.69 Å². The zero-order valence-electron chi connectivity index (χ0n) is 8.08. The summed E-state index contributed by atoms with van der Waals surface area (Å²) in [6.45, 7) is 2.16. The molecule has 0 unspecified atom stereocenters. The van der Waals surface area contributed by atoms with E-state index in [1.54, 1.807) is 12.1 Å². The molecule has 0 bridgehead atoms. The van der Waals surface area contributed by atoms with Crippen LogP contribution in [-0.4, -0.2) is 16.6 Å². The largest absolute Gasteiger partial charge is 0.478 e. The molecule has 1 fully saturated rings. The van der Waals surface area contributed by atoms with Crippen LogP contribution in [0.4, 0.5) is 5.69 Å². The Kier molecular flexibility index (Phi) is 1.95. The van der Waals surface area contributed by atoms with Crippen molar-refractivity contribution in [2.75, 3.05) is 5.32 Å². The van der Waals surface area contributed by atoms with E-state index >= 15 is 0 Å². The van der Waals surface area contributed by atoms with E-state index in [0.29, 0.717) is 5.56 Å². The molecule has 14 heavy (non-hydrogen) atoms. The Hall–Kier alpha value is -1.51. The third kappa shape index (κ3) is 1.87. The Morgan fingerprint density at radius 2 is 1.93 bits per heavy atom. The maximum absolute atomic E-state index is 10.6. The summed E-state index contributed by atoms with van der Waals surface area (Å²) >= 11 is 0. The lowest BCUT2D eigenvalue weighted by molar-refractivity contribution is 0.0697. The number of anilines is 1. The number of carbonyl (C=O) groups is 1. The summed E-state index contributed by atoms with van der Waals surface area (Å²) in [6.07, 6.45) is 2.38. The van der Waals surface area contributed by atoms with Crippen LogP contribution in [0.2, 0.25) is 0 Å². The van der Waals surface area contributed by atoms with Crippen LogP contribution in [0, 0.1) is 0 Å². The van der Waals surface area contributed by atoms with Gasteiger partial charge >= 0.3 is 5.97 Å². The topological polar surface area (TPSA) is 49.3 Å². The molecule has 0 atom stereocenters. The SMILES string of the molecule is CC1(Nc2ccc(C(=O)O)cc2)CC1. The molecule has 0 radical (unpaired) electrons. The zero-order chi connectivity index (χ0) is 10.2. The van der Waals surface area contributed by atoms with Gasteiger partial charge in [0.25, 0.3) is 0 Å². The Morgan fingerprint density at radius 3 is 2.36 bits per heavy atom. The van der Waals surface area contributed by atoms with Crippen LogP contribution in [0.25, 0.3) is 0 Å². The summed E-state index contributed by atoms with van der Waals surface area (Å²) in [4.78, 5) is 10.6. The van der Waals surface area contributed by atoms with Crippen LogP contribution in [0.3, 0.4) is 0 Å². The predicted molar refractivity (Wildman–Crippen MR) is 54.7 cm³/mol. The van der Waals surface area contributed by atoms with Crippen LogP contribution in [-0.2, 0) is 0 Å². The number of hydrogen-bond acceptors (Lipinski definition) is 2. The van der Waals surface area contributed by atoms with Crippen molar-refractivity contribution in [3.05, 3.63) is 29.8 Å². The van der Waals surface area contributed by atoms with Crippen molar-refractivity contribution >= 4 is 11.7 Å². The van der Waals surface area contributed by atoms with E-state index in [-0.39, 0.29) is 5.54 Å². The van der Waals surface area contributed by atoms with Crippen molar-refractivity contribution in [2.24, 2.45) is 0 Å². The molecule has 1 aliphatic rings. The van der Waals surface area contributed by atoms with Gasteiger partial charge in [-0.1, -0.05) is 0 Å². The number of benzene rings is 1. The third-order valence-electron chi connectivity index (χ3n) is 2.58. The molecule has 74 valence electrons. The van der Waals surface area contributed by atoms with E-state index in [1.165, 1.54) is 12.8 Å². The molecule has 0 spiro atoms. The fourth-order valence-electron chi connectivity index (χ4n) is 1.36. The Bertz CT molecular complexity index is 352. The molecular weight excluding hydrogens is 178 g/mol. The molecule has 0 aromatic heterocycles. The van der Waals surface area contributed by atoms with E-state index in [9.17, 15) is 4.79 Å². The van der Waals surface area contributed by atoms with Crippen molar-refractivity contribution in [1.29, 1.82) is 0 Å². The maximum atomic E-state index is 10.6. The molecule has 2 N–H and O–H groups in total. The second-order valence-corrected chi connectivity index (χ2v) is 4.07. The minimum Gasteiger partial charge on any atom is -0.478 e. The molecule has 0 amide bonds. The van der Waals surface area contributed by atoms with Gasteiger partial charge in [0.2, 0.25) is 0 Å². The van der Waals surface area contributed by atoms with Crippen molar-refractivity contribution in [3.63, 3.8) is 0 Å². The smallest absolute Gasteiger partial charge is 0.335 e. The van der Waals surface area contributed by atoms with E-state index in [2.05, 4.69) is 12.2 Å². The van der Waals surface area contributed by atoms with Gasteiger partial charge in [0.05, 0.1) is 5.56 Å². The number of carboxylic acid groups (broad SMARTS) is 1. The first-order valence-electron chi connectivity index (χ1n) is 4.71. The third-order valence-corrected chi connectivity index (χ3v) is 2.58. The zero-order valence-corrected chi connectivity index (χ0v) is 8.08. The summed E-state index contributed by atoms with van der Waals surface area (Å²) < 4.78 is 0. The molecule has 1 saturated carbocycles. The molecule has 2 rings (SSSR count). The molecule has 0 aliphatic heterocycles. The minimum atomic E-state index is -0.880. The molecule has 1 aromatic rings. The molecule has 0 saturated heterocycles. The van der Waals surface area contributed by atoms with Gasteiger partial charge in [0, 0.05) is 11.2 Å². The Balaban J connectivity index is 2.10. The first-order chi connectivity index (χ1) is 6.59. The number of hydrogen-bond donors (Lipinski definition) is 2. The van der Waals surface area contributed by atoms with E-state index < -0.39 is 5.97 Å². The van der Waals surface area contributed by atoms with Gasteiger partial charge < -0.3 is 10.4 Å². The molecule has 1 aromatic carbocycles. The van der Waals surface area contributed by atoms with Crippen LogP contribution >= 0.6 is 0 Å². The summed E-state index contributed by atoms with van der Waals surface area (Å²) in [7, 11) is 0. The van der Waals surface area contributed by atoms with Crippen molar-refractivity contribution in [3.8, 4) is 0 Å². The highest BCUT2D eigenvalue weighted by atomic mass is 16.4. The van der Waals surface area contributed by atoms with Gasteiger partial charge in [-0.25, -0.2) is 4.79 Å². The van der Waals surface area contributed by atoms with Gasteiger partial charge in [-0.15, -0.1) is 0 Å². The average molecular weight is 191 g/mol. The molecule has 3 nitrogen and oxygen atoms in total. The number of nitrogens with one attached hydrogen (secondary N) is 1. The van der Waals surface area contributed by atoms with Crippen LogP contribution in [0.5, 0.6) is 0 Å². The summed E-state index contributed by atoms with van der Waals surface area (Å²) in [5.74, 6) is -0.880. The maximum Gasteiger partial charge on any atom is 0.335 e. The van der Waals surface area contributed by atoms with Gasteiger partial charge in [0.1, 0.15) is 0 Å². The number of rotatable bonds is 3. The van der Waals surface area contributed by atoms with Crippen LogP contribution < -0.4 is 5.32 Å². The standard InChI is InChI=1S/C11H13NO2/c1-11(6-7-11)12-9-4-2-8(3-5-9)10(13)14/h2-5,12H,6-7H2,1H3,(H,13,14). The lowest BCUT2D eigenvalue weighted by Gasteiger charge is -2.12. The summed E-state index contributed by atoms with van der Waals surface area (Å²) in [6, 6.07) is 6.87. The van der Waals surface area contributed by atoms with E-state index in [1.807, 2.05) is 12.1 Å². The fraction of sp³-hybridized carbons (Fsp3) is 0.364. The first kappa shape index (κ1) is 9.06. The molecular formula is C11H13NO2. The molecule has 1 aliphatic carbocycles. The van der Waals surface area contributed by atoms with Gasteiger partial charge in [0.15, 0.2) is 0 Å². The average Bonchev–Trinajstić information content (AvgIpc) is 2.84. The first-order valence-corrected chi connectivity index (χ1v) is 4.71. The van der Waals surface area contributed by atoms with Crippen molar-refractivity contribution < 1.29 is 9.90 Å². The van der Waals surface area contributed by atoms with Crippen molar-refractivity contribution in [2.45, 2.75) is 25.3 Å². The van der Waals surface area contributed by atoms with Crippen molar-refractivity contribution in [1.82, 2.24) is 0 Å². The second kappa shape index (κ2) is 3.01. The molecule has 0 heterocycles. The van der Waals surface area contributed by atoms with Gasteiger partial charge in [-0.3, -0.25) is 0 Å². The summed E-state index contributed by atoms with van der Waals surface area (Å²) in [5.41, 5.74) is 1.57. The highest BCUT2D eigenvalue weighted by Crippen LogP contribution is 2.37. The van der Waals surface area contributed by atoms with E-state index in [4.69, 9.17) is 5.11 Å². The second-order valence-electron chi connectivity index (χ2n) is 4.07. The lowest BCUT2D eigenvalue weighted by Crippen LogP contribution is -2.15. The highest BCUT2D eigenvalue weighted by molar-refractivity contribution is 5.88. The minimum absolute atomic E-state index is 0.241. The molecule has 3 heteroatoms. The van der Waals surface area contributed by atoms with Gasteiger partial charge in [-0.05, 0) is 44.0 Å². The van der Waals surface area contributed by atoms with Crippen LogP contribution in [0.1, 0.15) is 30.1 Å². The monoisotopic (exact) mass is 191 g/mol.